The smallest absolute Gasteiger partial charge is 0.187 e. The van der Waals surface area contributed by atoms with E-state index in [0.717, 1.165) is 18.6 Å². The zero-order valence-corrected chi connectivity index (χ0v) is 14.9. The van der Waals surface area contributed by atoms with Gasteiger partial charge in [0.2, 0.25) is 0 Å². The van der Waals surface area contributed by atoms with Crippen LogP contribution in [0, 0.1) is 11.3 Å². The van der Waals surface area contributed by atoms with Crippen molar-refractivity contribution in [1.82, 2.24) is 0 Å². The lowest BCUT2D eigenvalue weighted by Crippen LogP contribution is -2.64. The highest BCUT2D eigenvalue weighted by Gasteiger charge is 2.67. The van der Waals surface area contributed by atoms with E-state index in [1.165, 1.54) is 12.8 Å². The number of hydrogen-bond acceptors (Lipinski definition) is 5. The number of benzene rings is 1. The Morgan fingerprint density at radius 3 is 2.64 bits per heavy atom. The van der Waals surface area contributed by atoms with Crippen LogP contribution < -0.4 is 0 Å². The lowest BCUT2D eigenvalue weighted by atomic mass is 9.56. The van der Waals surface area contributed by atoms with Crippen LogP contribution in [-0.4, -0.2) is 44.4 Å². The summed E-state index contributed by atoms with van der Waals surface area (Å²) < 4.78 is 30.6. The second-order valence-electron chi connectivity index (χ2n) is 8.19. The third-order valence-electron chi connectivity index (χ3n) is 6.73. The van der Waals surface area contributed by atoms with Gasteiger partial charge in [0.1, 0.15) is 11.7 Å². The zero-order chi connectivity index (χ0) is 17.1. The molecule has 4 aliphatic rings. The highest BCUT2D eigenvalue weighted by atomic mass is 16.8. The molecule has 3 aliphatic heterocycles. The molecule has 1 aliphatic carbocycles. The summed E-state index contributed by atoms with van der Waals surface area (Å²) in [6, 6.07) is 10.1. The van der Waals surface area contributed by atoms with Gasteiger partial charge in [-0.3, -0.25) is 0 Å². The van der Waals surface area contributed by atoms with Crippen molar-refractivity contribution >= 4 is 0 Å². The number of ether oxygens (including phenoxy) is 5. The van der Waals surface area contributed by atoms with Crippen molar-refractivity contribution in [3.63, 3.8) is 0 Å². The third-order valence-corrected chi connectivity index (χ3v) is 6.73. The minimum Gasteiger partial charge on any atom is -0.369 e. The van der Waals surface area contributed by atoms with Crippen LogP contribution in [0.2, 0.25) is 0 Å². The molecule has 4 fully saturated rings. The molecule has 1 aromatic carbocycles. The molecule has 1 aromatic rings. The molecule has 1 saturated carbocycles. The summed E-state index contributed by atoms with van der Waals surface area (Å²) in [6.07, 6.45) is 2.39. The predicted octanol–water partition coefficient (Wildman–Crippen LogP) is 3.05. The summed E-state index contributed by atoms with van der Waals surface area (Å²) in [5, 5.41) is 0. The van der Waals surface area contributed by atoms with Crippen LogP contribution in [0.4, 0.5) is 0 Å². The molecule has 5 heteroatoms. The normalized spacial score (nSPS) is 48.6. The maximum absolute atomic E-state index is 6.39. The number of hydrogen-bond donors (Lipinski definition) is 0. The summed E-state index contributed by atoms with van der Waals surface area (Å²) >= 11 is 0. The highest BCUT2D eigenvalue weighted by molar-refractivity contribution is 5.17. The van der Waals surface area contributed by atoms with E-state index in [1.54, 1.807) is 7.11 Å². The average molecular weight is 346 g/mol. The van der Waals surface area contributed by atoms with Crippen molar-refractivity contribution in [3.05, 3.63) is 35.9 Å². The van der Waals surface area contributed by atoms with Crippen molar-refractivity contribution in [2.24, 2.45) is 11.3 Å². The first-order chi connectivity index (χ1) is 12.1. The fourth-order valence-electron chi connectivity index (χ4n) is 5.23. The van der Waals surface area contributed by atoms with Crippen LogP contribution in [0.15, 0.2) is 30.3 Å². The van der Waals surface area contributed by atoms with Gasteiger partial charge >= 0.3 is 0 Å². The molecule has 136 valence electrons. The van der Waals surface area contributed by atoms with Crippen LogP contribution in [0.5, 0.6) is 0 Å². The van der Waals surface area contributed by atoms with E-state index >= 15 is 0 Å². The molecular formula is C20H26O5. The maximum atomic E-state index is 6.39. The first-order valence-corrected chi connectivity index (χ1v) is 9.29. The average Bonchev–Trinajstić information content (AvgIpc) is 2.82. The highest BCUT2D eigenvalue weighted by Crippen LogP contribution is 2.62. The molecule has 5 nitrogen and oxygen atoms in total. The molecule has 0 N–H and O–H groups in total. The quantitative estimate of drug-likeness (QED) is 0.824. The van der Waals surface area contributed by atoms with Crippen LogP contribution in [0.3, 0.4) is 0 Å². The second-order valence-corrected chi connectivity index (χ2v) is 8.19. The van der Waals surface area contributed by atoms with Crippen LogP contribution in [0.25, 0.3) is 0 Å². The van der Waals surface area contributed by atoms with E-state index in [0.29, 0.717) is 12.5 Å². The molecule has 0 radical (unpaired) electrons. The Bertz CT molecular complexity index is 636. The summed E-state index contributed by atoms with van der Waals surface area (Å²) in [7, 11) is 1.71. The fourth-order valence-corrected chi connectivity index (χ4v) is 5.23. The van der Waals surface area contributed by atoms with Gasteiger partial charge in [-0.15, -0.1) is 0 Å². The minimum absolute atomic E-state index is 0.0340. The Labute approximate surface area is 148 Å². The molecule has 25 heavy (non-hydrogen) atoms. The van der Waals surface area contributed by atoms with Crippen LogP contribution >= 0.6 is 0 Å². The van der Waals surface area contributed by atoms with Crippen molar-refractivity contribution in [3.8, 4) is 0 Å². The van der Waals surface area contributed by atoms with Crippen LogP contribution in [0.1, 0.15) is 38.0 Å². The molecule has 7 atom stereocenters. The van der Waals surface area contributed by atoms with Gasteiger partial charge in [0.15, 0.2) is 12.6 Å². The monoisotopic (exact) mass is 346 g/mol. The van der Waals surface area contributed by atoms with Gasteiger partial charge in [-0.2, -0.15) is 0 Å². The Morgan fingerprint density at radius 1 is 1.12 bits per heavy atom. The van der Waals surface area contributed by atoms with Crippen LogP contribution in [-0.2, 0) is 23.7 Å². The van der Waals surface area contributed by atoms with Gasteiger partial charge < -0.3 is 23.7 Å². The Morgan fingerprint density at radius 2 is 1.96 bits per heavy atom. The van der Waals surface area contributed by atoms with Gasteiger partial charge in [0.25, 0.3) is 0 Å². The molecule has 3 heterocycles. The maximum Gasteiger partial charge on any atom is 0.187 e. The Hall–Kier alpha value is -0.980. The first-order valence-electron chi connectivity index (χ1n) is 9.29. The van der Waals surface area contributed by atoms with Crippen molar-refractivity contribution < 1.29 is 23.7 Å². The standard InChI is InChI=1S/C20H26O5/c1-19-9-8-16(19)20(23-12-19)10-14-15(25-18(20)21-2)11-22-17(24-14)13-6-4-3-5-7-13/h3-7,14-18H,8-12H2,1-2H3/t14-,15+,16+,17?,18-,19+,20-/m0/s1. The predicted molar refractivity (Wildman–Crippen MR) is 89.8 cm³/mol. The first kappa shape index (κ1) is 16.2. The summed E-state index contributed by atoms with van der Waals surface area (Å²) in [6.45, 7) is 3.63. The lowest BCUT2D eigenvalue weighted by molar-refractivity contribution is -0.363. The molecule has 1 unspecified atom stereocenters. The van der Waals surface area contributed by atoms with Gasteiger partial charge in [0, 0.05) is 25.0 Å². The number of fused-ring (bicyclic) bond motifs is 3. The topological polar surface area (TPSA) is 46.2 Å². The summed E-state index contributed by atoms with van der Waals surface area (Å²) in [5.41, 5.74) is 0.919. The zero-order valence-electron chi connectivity index (χ0n) is 14.9. The molecular weight excluding hydrogens is 320 g/mol. The van der Waals surface area contributed by atoms with Gasteiger partial charge in [-0.05, 0) is 18.3 Å². The number of methoxy groups -OCH3 is 1. The molecule has 0 amide bonds. The van der Waals surface area contributed by atoms with E-state index < -0.39 is 0 Å². The second kappa shape index (κ2) is 5.76. The third kappa shape index (κ3) is 2.33. The van der Waals surface area contributed by atoms with Gasteiger partial charge in [-0.25, -0.2) is 0 Å². The number of rotatable bonds is 2. The molecule has 0 aromatic heterocycles. The summed E-state index contributed by atoms with van der Waals surface area (Å²) in [4.78, 5) is 0. The van der Waals surface area contributed by atoms with Gasteiger partial charge in [0.05, 0.1) is 19.3 Å². The largest absolute Gasteiger partial charge is 0.369 e. The van der Waals surface area contributed by atoms with Crippen molar-refractivity contribution in [1.29, 1.82) is 0 Å². The molecule has 5 rings (SSSR count). The lowest BCUT2D eigenvalue weighted by Gasteiger charge is -2.54. The van der Waals surface area contributed by atoms with E-state index in [9.17, 15) is 0 Å². The fraction of sp³-hybridized carbons (Fsp3) is 0.700. The molecule has 3 saturated heterocycles. The van der Waals surface area contributed by atoms with E-state index in [1.807, 2.05) is 30.3 Å². The van der Waals surface area contributed by atoms with Crippen molar-refractivity contribution in [2.75, 3.05) is 20.3 Å². The van der Waals surface area contributed by atoms with E-state index in [2.05, 4.69) is 6.92 Å². The van der Waals surface area contributed by atoms with Crippen molar-refractivity contribution in [2.45, 2.75) is 56.6 Å². The molecule has 1 spiro atoms. The van der Waals surface area contributed by atoms with E-state index in [-0.39, 0.29) is 35.8 Å². The van der Waals surface area contributed by atoms with E-state index in [4.69, 9.17) is 23.7 Å². The minimum atomic E-state index is -0.387. The summed E-state index contributed by atoms with van der Waals surface area (Å²) in [5.74, 6) is 0.479. The SMILES string of the molecule is CO[C@H]1O[C@@H]2COC(c3ccccc3)O[C@H]2C[C@@]12OC[C@@]1(C)CC[C@H]12. The Balaban J connectivity index is 1.39. The van der Waals surface area contributed by atoms with Gasteiger partial charge in [-0.1, -0.05) is 37.3 Å². The Kier molecular flexibility index (Phi) is 3.74. The molecule has 0 bridgehead atoms.